The van der Waals surface area contributed by atoms with Crippen LogP contribution in [0.15, 0.2) is 42.7 Å². The van der Waals surface area contributed by atoms with E-state index in [0.717, 1.165) is 28.9 Å². The van der Waals surface area contributed by atoms with Crippen LogP contribution in [0.1, 0.15) is 38.7 Å². The lowest BCUT2D eigenvalue weighted by molar-refractivity contribution is 0.0521. The summed E-state index contributed by atoms with van der Waals surface area (Å²) in [6, 6.07) is 10.1. The number of hydrogen-bond donors (Lipinski definition) is 1. The topological polar surface area (TPSA) is 60.5 Å². The Morgan fingerprint density at radius 3 is 2.76 bits per heavy atom. The van der Waals surface area contributed by atoms with E-state index < -0.39 is 5.60 Å². The van der Waals surface area contributed by atoms with E-state index in [-0.39, 0.29) is 12.0 Å². The molecule has 1 aliphatic rings. The lowest BCUT2D eigenvalue weighted by Gasteiger charge is -2.28. The molecule has 2 heterocycles. The van der Waals surface area contributed by atoms with Crippen LogP contribution in [-0.2, 0) is 4.74 Å². The van der Waals surface area contributed by atoms with Crippen LogP contribution >= 0.6 is 0 Å². The monoisotopic (exact) mass is 340 g/mol. The average molecular weight is 340 g/mol. The molecule has 1 aromatic heterocycles. The van der Waals surface area contributed by atoms with Crippen LogP contribution in [0, 0.1) is 0 Å². The van der Waals surface area contributed by atoms with Gasteiger partial charge < -0.3 is 14.8 Å². The summed E-state index contributed by atoms with van der Waals surface area (Å²) in [5, 5.41) is 2.88. The summed E-state index contributed by atoms with van der Waals surface area (Å²) in [5.41, 5.74) is 2.76. The van der Waals surface area contributed by atoms with Gasteiger partial charge in [-0.25, -0.2) is 4.79 Å². The second-order valence-electron chi connectivity index (χ2n) is 7.18. The van der Waals surface area contributed by atoms with E-state index in [9.17, 15) is 4.79 Å². The molecule has 1 atom stereocenters. The molecule has 3 rings (SSSR count). The van der Waals surface area contributed by atoms with Gasteiger partial charge in [0, 0.05) is 30.4 Å². The third-order valence-corrected chi connectivity index (χ3v) is 4.08. The van der Waals surface area contributed by atoms with Gasteiger partial charge in [-0.05, 0) is 50.5 Å². The van der Waals surface area contributed by atoms with Gasteiger partial charge in [0.2, 0.25) is 0 Å². The zero-order valence-electron chi connectivity index (χ0n) is 14.9. The summed E-state index contributed by atoms with van der Waals surface area (Å²) in [6.07, 6.45) is 4.03. The molecule has 2 aromatic rings. The van der Waals surface area contributed by atoms with Crippen LogP contribution in [0.25, 0.3) is 11.1 Å². The van der Waals surface area contributed by atoms with Crippen molar-refractivity contribution in [1.82, 2.24) is 10.3 Å². The third kappa shape index (κ3) is 4.29. The SMILES string of the molecule is CC(C)(C)OC(=O)NC[C@H]1CCOc2c(-c3ccncc3)cccc21. The van der Waals surface area contributed by atoms with Gasteiger partial charge in [0.05, 0.1) is 6.61 Å². The van der Waals surface area contributed by atoms with Gasteiger partial charge in [-0.15, -0.1) is 0 Å². The van der Waals surface area contributed by atoms with E-state index in [4.69, 9.17) is 9.47 Å². The van der Waals surface area contributed by atoms with Crippen molar-refractivity contribution in [3.05, 3.63) is 48.3 Å². The Balaban J connectivity index is 1.78. The number of alkyl carbamates (subject to hydrolysis) is 1. The number of carbonyl (C=O) groups excluding carboxylic acids is 1. The summed E-state index contributed by atoms with van der Waals surface area (Å²) in [6.45, 7) is 6.74. The van der Waals surface area contributed by atoms with Gasteiger partial charge in [-0.1, -0.05) is 18.2 Å². The van der Waals surface area contributed by atoms with Crippen LogP contribution in [0.3, 0.4) is 0 Å². The molecule has 1 N–H and O–H groups in total. The number of aromatic nitrogens is 1. The minimum Gasteiger partial charge on any atom is -0.493 e. The molecular weight excluding hydrogens is 316 g/mol. The number of nitrogens with one attached hydrogen (secondary N) is 1. The maximum Gasteiger partial charge on any atom is 0.407 e. The van der Waals surface area contributed by atoms with Crippen LogP contribution < -0.4 is 10.1 Å². The maximum atomic E-state index is 11.9. The quantitative estimate of drug-likeness (QED) is 0.912. The first-order chi connectivity index (χ1) is 11.9. The van der Waals surface area contributed by atoms with Gasteiger partial charge >= 0.3 is 6.09 Å². The number of pyridine rings is 1. The molecule has 5 heteroatoms. The minimum absolute atomic E-state index is 0.207. The molecule has 1 amide bonds. The van der Waals surface area contributed by atoms with Gasteiger partial charge in [-0.3, -0.25) is 4.98 Å². The molecule has 0 aliphatic carbocycles. The Hall–Kier alpha value is -2.56. The standard InChI is InChI=1S/C20H24N2O3/c1-20(2,3)25-19(23)22-13-15-9-12-24-18-16(5-4-6-17(15)18)14-7-10-21-11-8-14/h4-8,10-11,15H,9,12-13H2,1-3H3,(H,22,23)/t15-/m1/s1. The highest BCUT2D eigenvalue weighted by molar-refractivity contribution is 5.73. The van der Waals surface area contributed by atoms with Crippen molar-refractivity contribution in [1.29, 1.82) is 0 Å². The summed E-state index contributed by atoms with van der Waals surface area (Å²) < 4.78 is 11.3. The van der Waals surface area contributed by atoms with E-state index in [1.165, 1.54) is 0 Å². The molecule has 0 bridgehead atoms. The Bertz CT molecular complexity index is 738. The summed E-state index contributed by atoms with van der Waals surface area (Å²) >= 11 is 0. The Morgan fingerprint density at radius 2 is 2.04 bits per heavy atom. The molecule has 0 spiro atoms. The van der Waals surface area contributed by atoms with Crippen molar-refractivity contribution in [2.75, 3.05) is 13.2 Å². The Morgan fingerprint density at radius 1 is 1.28 bits per heavy atom. The van der Waals surface area contributed by atoms with Gasteiger partial charge in [0.15, 0.2) is 0 Å². The fourth-order valence-corrected chi connectivity index (χ4v) is 2.99. The van der Waals surface area contributed by atoms with Crippen LogP contribution in [-0.4, -0.2) is 29.8 Å². The van der Waals surface area contributed by atoms with Gasteiger partial charge in [0.1, 0.15) is 11.4 Å². The van der Waals surface area contributed by atoms with Crippen LogP contribution in [0.4, 0.5) is 4.79 Å². The van der Waals surface area contributed by atoms with E-state index in [2.05, 4.69) is 22.4 Å². The van der Waals surface area contributed by atoms with E-state index in [1.807, 2.05) is 39.0 Å². The van der Waals surface area contributed by atoms with Gasteiger partial charge in [-0.2, -0.15) is 0 Å². The van der Waals surface area contributed by atoms with Crippen molar-refractivity contribution in [2.45, 2.75) is 38.7 Å². The number of fused-ring (bicyclic) bond motifs is 1. The highest BCUT2D eigenvalue weighted by Gasteiger charge is 2.25. The highest BCUT2D eigenvalue weighted by atomic mass is 16.6. The number of hydrogen-bond acceptors (Lipinski definition) is 4. The van der Waals surface area contributed by atoms with Gasteiger partial charge in [0.25, 0.3) is 0 Å². The highest BCUT2D eigenvalue weighted by Crippen LogP contribution is 2.40. The lowest BCUT2D eigenvalue weighted by atomic mass is 9.90. The molecule has 132 valence electrons. The molecular formula is C20H24N2O3. The average Bonchev–Trinajstić information content (AvgIpc) is 2.58. The number of benzene rings is 1. The molecule has 0 unspecified atom stereocenters. The largest absolute Gasteiger partial charge is 0.493 e. The summed E-state index contributed by atoms with van der Waals surface area (Å²) in [4.78, 5) is 16.0. The first kappa shape index (κ1) is 17.3. The number of carbonyl (C=O) groups is 1. The van der Waals surface area contributed by atoms with Crippen LogP contribution in [0.5, 0.6) is 5.75 Å². The molecule has 0 saturated heterocycles. The zero-order chi connectivity index (χ0) is 17.9. The predicted molar refractivity (Wildman–Crippen MR) is 96.8 cm³/mol. The molecule has 1 aliphatic heterocycles. The van der Waals surface area contributed by atoms with Crippen molar-refractivity contribution in [3.8, 4) is 16.9 Å². The summed E-state index contributed by atoms with van der Waals surface area (Å²) in [5.74, 6) is 1.11. The third-order valence-electron chi connectivity index (χ3n) is 4.08. The van der Waals surface area contributed by atoms with E-state index in [1.54, 1.807) is 12.4 Å². The number of amides is 1. The molecule has 0 radical (unpaired) electrons. The van der Waals surface area contributed by atoms with Crippen molar-refractivity contribution in [2.24, 2.45) is 0 Å². The molecule has 5 nitrogen and oxygen atoms in total. The number of nitrogens with zero attached hydrogens (tertiary/aromatic N) is 1. The fraction of sp³-hybridized carbons (Fsp3) is 0.400. The molecule has 25 heavy (non-hydrogen) atoms. The van der Waals surface area contributed by atoms with Crippen molar-refractivity contribution < 1.29 is 14.3 Å². The zero-order valence-corrected chi connectivity index (χ0v) is 14.9. The van der Waals surface area contributed by atoms with Crippen molar-refractivity contribution in [3.63, 3.8) is 0 Å². The predicted octanol–water partition coefficient (Wildman–Crippen LogP) is 4.14. The Labute approximate surface area is 148 Å². The second-order valence-corrected chi connectivity index (χ2v) is 7.18. The number of rotatable bonds is 3. The fourth-order valence-electron chi connectivity index (χ4n) is 2.99. The van der Waals surface area contributed by atoms with Crippen molar-refractivity contribution >= 4 is 6.09 Å². The van der Waals surface area contributed by atoms with E-state index >= 15 is 0 Å². The molecule has 0 fully saturated rings. The smallest absolute Gasteiger partial charge is 0.407 e. The first-order valence-electron chi connectivity index (χ1n) is 8.57. The number of para-hydroxylation sites is 1. The molecule has 1 aromatic carbocycles. The first-order valence-corrected chi connectivity index (χ1v) is 8.57. The maximum absolute atomic E-state index is 11.9. The summed E-state index contributed by atoms with van der Waals surface area (Å²) in [7, 11) is 0. The van der Waals surface area contributed by atoms with E-state index in [0.29, 0.717) is 13.2 Å². The Kier molecular flexibility index (Phi) is 4.93. The normalized spacial score (nSPS) is 16.5. The molecule has 0 saturated carbocycles. The lowest BCUT2D eigenvalue weighted by Crippen LogP contribution is -2.35. The second kappa shape index (κ2) is 7.13. The minimum atomic E-state index is -0.494. The van der Waals surface area contributed by atoms with Crippen LogP contribution in [0.2, 0.25) is 0 Å². The number of ether oxygens (including phenoxy) is 2.